The summed E-state index contributed by atoms with van der Waals surface area (Å²) in [5.41, 5.74) is 2.95. The van der Waals surface area contributed by atoms with Gasteiger partial charge in [-0.15, -0.1) is 0 Å². The number of nitrogens with zero attached hydrogens (tertiary/aromatic N) is 3. The first-order chi connectivity index (χ1) is 15.0. The summed E-state index contributed by atoms with van der Waals surface area (Å²) in [6.07, 6.45) is 0.336. The van der Waals surface area contributed by atoms with E-state index in [0.717, 1.165) is 16.9 Å². The molecular weight excluding hydrogens is 416 g/mol. The Kier molecular flexibility index (Phi) is 6.23. The van der Waals surface area contributed by atoms with Gasteiger partial charge in [0.05, 0.1) is 19.2 Å². The molecule has 4 rings (SSSR count). The number of nitrogens with one attached hydrogen (secondary N) is 1. The molecule has 1 aliphatic rings. The van der Waals surface area contributed by atoms with Gasteiger partial charge in [0, 0.05) is 36.8 Å². The van der Waals surface area contributed by atoms with Crippen molar-refractivity contribution in [1.82, 2.24) is 20.0 Å². The Bertz CT molecular complexity index is 1060. The Balaban J connectivity index is 1.32. The van der Waals surface area contributed by atoms with Crippen LogP contribution < -0.4 is 4.74 Å². The van der Waals surface area contributed by atoms with E-state index in [1.54, 1.807) is 35.1 Å². The molecule has 0 bridgehead atoms. The number of carbonyl (C=O) groups is 2. The van der Waals surface area contributed by atoms with E-state index in [4.69, 9.17) is 16.3 Å². The molecule has 0 saturated carbocycles. The summed E-state index contributed by atoms with van der Waals surface area (Å²) in [7, 11) is 1.61. The van der Waals surface area contributed by atoms with E-state index in [2.05, 4.69) is 10.2 Å². The topological polar surface area (TPSA) is 78.5 Å². The molecule has 2 heterocycles. The quantitative estimate of drug-likeness (QED) is 0.663. The fraction of sp³-hybridized carbons (Fsp3) is 0.261. The van der Waals surface area contributed by atoms with E-state index in [9.17, 15) is 9.59 Å². The fourth-order valence-electron chi connectivity index (χ4n) is 3.56. The van der Waals surface area contributed by atoms with Gasteiger partial charge >= 0.3 is 0 Å². The van der Waals surface area contributed by atoms with Gasteiger partial charge in [-0.25, -0.2) is 0 Å². The van der Waals surface area contributed by atoms with E-state index in [1.165, 1.54) is 0 Å². The molecule has 3 aromatic rings. The minimum absolute atomic E-state index is 0.0591. The number of methoxy groups -OCH3 is 1. The average Bonchev–Trinajstić information content (AvgIpc) is 3.30. The molecule has 0 spiro atoms. The summed E-state index contributed by atoms with van der Waals surface area (Å²) >= 11 is 5.93. The van der Waals surface area contributed by atoms with Gasteiger partial charge in [-0.2, -0.15) is 5.10 Å². The number of amides is 2. The highest BCUT2D eigenvalue weighted by atomic mass is 35.5. The number of aromatic nitrogens is 2. The highest BCUT2D eigenvalue weighted by molar-refractivity contribution is 6.30. The molecule has 0 radical (unpaired) electrons. The number of carbonyl (C=O) groups excluding carboxylic acids is 2. The molecule has 0 aliphatic carbocycles. The molecule has 1 saturated heterocycles. The highest BCUT2D eigenvalue weighted by Gasteiger charge is 2.26. The molecule has 1 N–H and O–H groups in total. The second kappa shape index (κ2) is 9.22. The average molecular weight is 439 g/mol. The van der Waals surface area contributed by atoms with Crippen LogP contribution in [0.15, 0.2) is 54.6 Å². The van der Waals surface area contributed by atoms with Crippen LogP contribution in [-0.4, -0.2) is 65.1 Å². The molecule has 0 unspecified atom stereocenters. The number of aromatic amines is 1. The van der Waals surface area contributed by atoms with Crippen molar-refractivity contribution in [2.75, 3.05) is 33.3 Å². The van der Waals surface area contributed by atoms with Crippen molar-refractivity contribution in [2.45, 2.75) is 6.42 Å². The second-order valence-corrected chi connectivity index (χ2v) is 7.81. The van der Waals surface area contributed by atoms with Gasteiger partial charge in [0.15, 0.2) is 0 Å². The van der Waals surface area contributed by atoms with Gasteiger partial charge in [0.2, 0.25) is 5.91 Å². The molecule has 0 atom stereocenters. The van der Waals surface area contributed by atoms with Crippen LogP contribution in [-0.2, 0) is 11.2 Å². The Morgan fingerprint density at radius 2 is 1.65 bits per heavy atom. The first-order valence-corrected chi connectivity index (χ1v) is 10.4. The third-order valence-corrected chi connectivity index (χ3v) is 5.63. The van der Waals surface area contributed by atoms with E-state index in [1.807, 2.05) is 36.4 Å². The number of rotatable bonds is 5. The van der Waals surface area contributed by atoms with Crippen LogP contribution in [0, 0.1) is 0 Å². The Morgan fingerprint density at radius 3 is 2.29 bits per heavy atom. The Morgan fingerprint density at radius 1 is 1.00 bits per heavy atom. The molecule has 1 aliphatic heterocycles. The molecule has 7 nitrogen and oxygen atoms in total. The summed E-state index contributed by atoms with van der Waals surface area (Å²) < 4.78 is 5.15. The smallest absolute Gasteiger partial charge is 0.272 e. The van der Waals surface area contributed by atoms with E-state index >= 15 is 0 Å². The first kappa shape index (κ1) is 20.9. The van der Waals surface area contributed by atoms with Crippen molar-refractivity contribution in [3.63, 3.8) is 0 Å². The monoisotopic (exact) mass is 438 g/mol. The molecule has 2 amide bonds. The summed E-state index contributed by atoms with van der Waals surface area (Å²) in [6.45, 7) is 2.00. The van der Waals surface area contributed by atoms with Crippen LogP contribution in [0.5, 0.6) is 5.75 Å². The molecule has 160 valence electrons. The molecule has 1 fully saturated rings. The number of halogens is 1. The lowest BCUT2D eigenvalue weighted by atomic mass is 10.1. The standard InChI is InChI=1S/C23H23ClN4O3/c1-31-19-8-2-16(3-9-19)14-22(29)27-10-12-28(13-11-27)23(30)21-15-20(25-26-21)17-4-6-18(24)7-5-17/h2-9,15H,10-14H2,1H3,(H,25,26). The predicted octanol–water partition coefficient (Wildman–Crippen LogP) is 3.27. The van der Waals surface area contributed by atoms with Crippen LogP contribution in [0.4, 0.5) is 0 Å². The van der Waals surface area contributed by atoms with E-state index in [0.29, 0.717) is 49.0 Å². The SMILES string of the molecule is COc1ccc(CC(=O)N2CCN(C(=O)c3cc(-c4ccc(Cl)cc4)n[nH]3)CC2)cc1. The van der Waals surface area contributed by atoms with Crippen molar-refractivity contribution in [1.29, 1.82) is 0 Å². The lowest BCUT2D eigenvalue weighted by Gasteiger charge is -2.34. The van der Waals surface area contributed by atoms with Gasteiger partial charge in [-0.05, 0) is 35.9 Å². The fourth-order valence-corrected chi connectivity index (χ4v) is 3.68. The van der Waals surface area contributed by atoms with Crippen LogP contribution in [0.3, 0.4) is 0 Å². The lowest BCUT2D eigenvalue weighted by Crippen LogP contribution is -2.51. The minimum Gasteiger partial charge on any atom is -0.497 e. The van der Waals surface area contributed by atoms with Crippen molar-refractivity contribution in [3.8, 4) is 17.0 Å². The Hall–Kier alpha value is -3.32. The van der Waals surface area contributed by atoms with Gasteiger partial charge in [-0.1, -0.05) is 35.9 Å². The molecule has 1 aromatic heterocycles. The summed E-state index contributed by atoms with van der Waals surface area (Å²) in [4.78, 5) is 29.0. The normalized spacial score (nSPS) is 13.9. The number of hydrogen-bond donors (Lipinski definition) is 1. The highest BCUT2D eigenvalue weighted by Crippen LogP contribution is 2.21. The first-order valence-electron chi connectivity index (χ1n) is 10.0. The van der Waals surface area contributed by atoms with Crippen LogP contribution in [0.2, 0.25) is 5.02 Å². The maximum absolute atomic E-state index is 12.8. The Labute approximate surface area is 185 Å². The molecule has 2 aromatic carbocycles. The number of piperazine rings is 1. The summed E-state index contributed by atoms with van der Waals surface area (Å²) in [6, 6.07) is 16.5. The van der Waals surface area contributed by atoms with Crippen LogP contribution in [0.1, 0.15) is 16.1 Å². The predicted molar refractivity (Wildman–Crippen MR) is 118 cm³/mol. The van der Waals surface area contributed by atoms with Crippen molar-refractivity contribution >= 4 is 23.4 Å². The van der Waals surface area contributed by atoms with Crippen molar-refractivity contribution in [2.24, 2.45) is 0 Å². The zero-order valence-electron chi connectivity index (χ0n) is 17.2. The number of benzene rings is 2. The maximum Gasteiger partial charge on any atom is 0.272 e. The number of H-pyrrole nitrogens is 1. The third-order valence-electron chi connectivity index (χ3n) is 5.38. The number of hydrogen-bond acceptors (Lipinski definition) is 4. The second-order valence-electron chi connectivity index (χ2n) is 7.37. The van der Waals surface area contributed by atoms with Gasteiger partial charge in [0.25, 0.3) is 5.91 Å². The molecular formula is C23H23ClN4O3. The third kappa shape index (κ3) is 4.88. The zero-order chi connectivity index (χ0) is 21.8. The largest absolute Gasteiger partial charge is 0.497 e. The molecule has 8 heteroatoms. The summed E-state index contributed by atoms with van der Waals surface area (Å²) in [5, 5.41) is 7.72. The van der Waals surface area contributed by atoms with Crippen LogP contribution >= 0.6 is 11.6 Å². The lowest BCUT2D eigenvalue weighted by molar-refractivity contribution is -0.131. The van der Waals surface area contributed by atoms with Gasteiger partial charge in [-0.3, -0.25) is 14.7 Å². The minimum atomic E-state index is -0.116. The van der Waals surface area contributed by atoms with Crippen molar-refractivity contribution < 1.29 is 14.3 Å². The van der Waals surface area contributed by atoms with Crippen molar-refractivity contribution in [3.05, 3.63) is 70.9 Å². The van der Waals surface area contributed by atoms with Gasteiger partial charge < -0.3 is 14.5 Å². The number of ether oxygens (including phenoxy) is 1. The molecule has 31 heavy (non-hydrogen) atoms. The van der Waals surface area contributed by atoms with E-state index < -0.39 is 0 Å². The zero-order valence-corrected chi connectivity index (χ0v) is 17.9. The summed E-state index contributed by atoms with van der Waals surface area (Å²) in [5.74, 6) is 0.708. The maximum atomic E-state index is 12.8. The van der Waals surface area contributed by atoms with E-state index in [-0.39, 0.29) is 11.8 Å². The van der Waals surface area contributed by atoms with Crippen LogP contribution in [0.25, 0.3) is 11.3 Å². The van der Waals surface area contributed by atoms with Gasteiger partial charge in [0.1, 0.15) is 11.4 Å².